The molecule has 2 unspecified atom stereocenters. The van der Waals surface area contributed by atoms with Crippen LogP contribution in [0.5, 0.6) is 0 Å². The van der Waals surface area contributed by atoms with E-state index in [9.17, 15) is 8.42 Å². The maximum Gasteiger partial charge on any atom is 0.181 e. The van der Waals surface area contributed by atoms with E-state index in [1.165, 1.54) is 6.08 Å². The second-order valence-electron chi connectivity index (χ2n) is 2.17. The molecule has 0 N–H and O–H groups in total. The lowest BCUT2D eigenvalue weighted by molar-refractivity contribution is 0.609. The molecule has 0 fully saturated rings. The molecule has 0 radical (unpaired) electrons. The van der Waals surface area contributed by atoms with Crippen LogP contribution < -0.4 is 0 Å². The van der Waals surface area contributed by atoms with Gasteiger partial charge in [-0.05, 0) is 6.08 Å². The first-order chi connectivity index (χ1) is 4.91. The van der Waals surface area contributed by atoms with Gasteiger partial charge in [0.05, 0.1) is 9.61 Å². The maximum atomic E-state index is 10.9. The Kier molecular flexibility index (Phi) is 2.79. The molecule has 1 rings (SSSR count). The van der Waals surface area contributed by atoms with Gasteiger partial charge in [0.1, 0.15) is 4.71 Å². The zero-order valence-corrected chi connectivity index (χ0v) is 8.77. The lowest BCUT2D eigenvalue weighted by atomic mass is 10.5. The van der Waals surface area contributed by atoms with Crippen molar-refractivity contribution < 1.29 is 8.42 Å². The number of hydrogen-bond donors (Lipinski definition) is 0. The highest BCUT2D eigenvalue weighted by atomic mass is 35.5. The van der Waals surface area contributed by atoms with Crippen molar-refractivity contribution in [1.82, 2.24) is 0 Å². The third-order valence-corrected chi connectivity index (χ3v) is 5.29. The fraction of sp³-hybridized carbons (Fsp3) is 0.600. The quantitative estimate of drug-likeness (QED) is 0.647. The van der Waals surface area contributed by atoms with E-state index in [1.807, 2.05) is 0 Å². The number of alkyl halides is 2. The summed E-state index contributed by atoms with van der Waals surface area (Å²) in [6.07, 6.45) is 2.61. The molecule has 1 aliphatic rings. The summed E-state index contributed by atoms with van der Waals surface area (Å²) in [5.74, 6) is 0. The van der Waals surface area contributed by atoms with Crippen LogP contribution in [0.25, 0.3) is 0 Å². The molecule has 2 nitrogen and oxygen atoms in total. The molecular formula is C5H6Cl2O2S2. The standard InChI is InChI=1S/C5H6Cl2O2S2/c1-11(8,9)4-2-3(6)5(7)10-4/h2-3,5H,1H3. The Bertz CT molecular complexity index is 283. The molecule has 0 amide bonds. The molecule has 0 aromatic heterocycles. The number of halogens is 2. The van der Waals surface area contributed by atoms with Crippen LogP contribution in [-0.4, -0.2) is 24.8 Å². The summed E-state index contributed by atoms with van der Waals surface area (Å²) >= 11 is 12.4. The van der Waals surface area contributed by atoms with Crippen LogP contribution in [0.2, 0.25) is 0 Å². The van der Waals surface area contributed by atoms with Gasteiger partial charge in [-0.15, -0.1) is 23.2 Å². The zero-order valence-electron chi connectivity index (χ0n) is 5.62. The summed E-state index contributed by atoms with van der Waals surface area (Å²) in [6, 6.07) is 0. The third-order valence-electron chi connectivity index (χ3n) is 1.14. The third kappa shape index (κ3) is 2.28. The number of hydrogen-bond acceptors (Lipinski definition) is 3. The summed E-state index contributed by atoms with van der Waals surface area (Å²) in [6.45, 7) is 0. The second-order valence-corrected chi connectivity index (χ2v) is 6.83. The largest absolute Gasteiger partial charge is 0.223 e. The SMILES string of the molecule is CS(=O)(=O)C1=CC(Cl)C(Cl)S1. The van der Waals surface area contributed by atoms with E-state index < -0.39 is 9.84 Å². The van der Waals surface area contributed by atoms with Crippen LogP contribution in [0.4, 0.5) is 0 Å². The predicted molar refractivity (Wildman–Crippen MR) is 49.8 cm³/mol. The number of thioether (sulfide) groups is 1. The summed E-state index contributed by atoms with van der Waals surface area (Å²) in [5, 5.41) is -0.383. The van der Waals surface area contributed by atoms with Crippen molar-refractivity contribution in [2.75, 3.05) is 6.26 Å². The van der Waals surface area contributed by atoms with Gasteiger partial charge >= 0.3 is 0 Å². The molecule has 1 aliphatic heterocycles. The lowest BCUT2D eigenvalue weighted by Crippen LogP contribution is -2.00. The molecule has 11 heavy (non-hydrogen) atoms. The van der Waals surface area contributed by atoms with Crippen molar-refractivity contribution in [2.45, 2.75) is 10.1 Å². The predicted octanol–water partition coefficient (Wildman–Crippen LogP) is 1.79. The molecule has 0 aromatic rings. The molecule has 0 saturated carbocycles. The maximum absolute atomic E-state index is 10.9. The van der Waals surface area contributed by atoms with Crippen LogP contribution in [0.3, 0.4) is 0 Å². The molecule has 0 aromatic carbocycles. The second kappa shape index (κ2) is 3.17. The van der Waals surface area contributed by atoms with Crippen molar-refractivity contribution in [3.05, 3.63) is 10.3 Å². The molecule has 2 atom stereocenters. The molecular weight excluding hydrogens is 227 g/mol. The Balaban J connectivity index is 2.89. The monoisotopic (exact) mass is 232 g/mol. The Morgan fingerprint density at radius 1 is 1.55 bits per heavy atom. The van der Waals surface area contributed by atoms with E-state index in [4.69, 9.17) is 23.2 Å². The van der Waals surface area contributed by atoms with E-state index in [0.29, 0.717) is 0 Å². The summed E-state index contributed by atoms with van der Waals surface area (Å²) in [4.78, 5) is 0. The smallest absolute Gasteiger partial charge is 0.181 e. The Labute approximate surface area is 79.9 Å². The van der Waals surface area contributed by atoms with Crippen molar-refractivity contribution in [1.29, 1.82) is 0 Å². The average Bonchev–Trinajstić information content (AvgIpc) is 2.11. The molecule has 1 heterocycles. The van der Waals surface area contributed by atoms with Gasteiger partial charge in [-0.2, -0.15) is 0 Å². The molecule has 6 heteroatoms. The normalized spacial score (nSPS) is 32.1. The fourth-order valence-corrected chi connectivity index (χ4v) is 3.64. The number of rotatable bonds is 1. The first-order valence-electron chi connectivity index (χ1n) is 2.78. The van der Waals surface area contributed by atoms with Crippen LogP contribution in [0.15, 0.2) is 10.3 Å². The number of sulfone groups is 1. The van der Waals surface area contributed by atoms with Gasteiger partial charge in [0, 0.05) is 6.26 Å². The Morgan fingerprint density at radius 2 is 2.09 bits per heavy atom. The minimum Gasteiger partial charge on any atom is -0.223 e. The fourth-order valence-electron chi connectivity index (χ4n) is 0.632. The lowest BCUT2D eigenvalue weighted by Gasteiger charge is -2.00. The highest BCUT2D eigenvalue weighted by molar-refractivity contribution is 8.19. The van der Waals surface area contributed by atoms with Gasteiger partial charge in [0.2, 0.25) is 0 Å². The molecule has 64 valence electrons. The Hall–Kier alpha value is 0.620. The Morgan fingerprint density at radius 3 is 2.27 bits per heavy atom. The summed E-state index contributed by atoms with van der Waals surface area (Å²) in [5.41, 5.74) is 0. The molecule has 0 bridgehead atoms. The highest BCUT2D eigenvalue weighted by Gasteiger charge is 2.29. The zero-order chi connectivity index (χ0) is 8.65. The number of allylic oxidation sites excluding steroid dienone is 1. The average molecular weight is 233 g/mol. The molecule has 0 spiro atoms. The van der Waals surface area contributed by atoms with Gasteiger partial charge in [0.25, 0.3) is 0 Å². The van der Waals surface area contributed by atoms with Gasteiger partial charge in [-0.3, -0.25) is 0 Å². The first-order valence-corrected chi connectivity index (χ1v) is 6.42. The molecule has 0 saturated heterocycles. The van der Waals surface area contributed by atoms with Crippen LogP contribution in [0.1, 0.15) is 0 Å². The van der Waals surface area contributed by atoms with E-state index >= 15 is 0 Å². The van der Waals surface area contributed by atoms with Crippen molar-refractivity contribution in [3.63, 3.8) is 0 Å². The van der Waals surface area contributed by atoms with Gasteiger partial charge < -0.3 is 0 Å². The van der Waals surface area contributed by atoms with E-state index in [-0.39, 0.29) is 14.3 Å². The van der Waals surface area contributed by atoms with Gasteiger partial charge in [-0.25, -0.2) is 8.42 Å². The van der Waals surface area contributed by atoms with Crippen LogP contribution in [0, 0.1) is 0 Å². The van der Waals surface area contributed by atoms with Gasteiger partial charge in [0.15, 0.2) is 9.84 Å². The van der Waals surface area contributed by atoms with Crippen LogP contribution in [-0.2, 0) is 9.84 Å². The molecule has 0 aliphatic carbocycles. The topological polar surface area (TPSA) is 34.1 Å². The highest BCUT2D eigenvalue weighted by Crippen LogP contribution is 2.40. The summed E-state index contributed by atoms with van der Waals surface area (Å²) < 4.78 is 21.8. The van der Waals surface area contributed by atoms with Crippen molar-refractivity contribution in [2.24, 2.45) is 0 Å². The first kappa shape index (κ1) is 9.71. The van der Waals surface area contributed by atoms with Crippen molar-refractivity contribution >= 4 is 44.8 Å². The minimum atomic E-state index is -3.11. The van der Waals surface area contributed by atoms with Crippen molar-refractivity contribution in [3.8, 4) is 0 Å². The van der Waals surface area contributed by atoms with E-state index in [0.717, 1.165) is 18.0 Å². The van der Waals surface area contributed by atoms with Crippen LogP contribution >= 0.6 is 35.0 Å². The van der Waals surface area contributed by atoms with Gasteiger partial charge in [-0.1, -0.05) is 11.8 Å². The minimum absolute atomic E-state index is 0.275. The van der Waals surface area contributed by atoms with E-state index in [2.05, 4.69) is 0 Å². The van der Waals surface area contributed by atoms with E-state index in [1.54, 1.807) is 0 Å². The summed E-state index contributed by atoms with van der Waals surface area (Å²) in [7, 11) is -3.11.